The van der Waals surface area contributed by atoms with E-state index in [1.54, 1.807) is 0 Å². The van der Waals surface area contributed by atoms with Crippen LogP contribution in [0.15, 0.2) is 72.9 Å². The molecule has 28 heavy (non-hydrogen) atoms. The molecule has 0 nitrogen and oxygen atoms in total. The topological polar surface area (TPSA) is 0 Å². The van der Waals surface area contributed by atoms with Crippen LogP contribution in [0.3, 0.4) is 0 Å². The Morgan fingerprint density at radius 1 is 0.464 bits per heavy atom. The van der Waals surface area contributed by atoms with Crippen LogP contribution in [0.4, 0.5) is 0 Å². The fourth-order valence-corrected chi connectivity index (χ4v) is 21.5. The van der Waals surface area contributed by atoms with Crippen molar-refractivity contribution in [2.24, 2.45) is 0 Å². The Balaban J connectivity index is 2.13. The monoisotopic (exact) mass is 452 g/mol. The summed E-state index contributed by atoms with van der Waals surface area (Å²) in [6.45, 7) is 7.06. The molecule has 0 bridgehead atoms. The fraction of sp³-hybridized carbons (Fsp3) is 0.556. The summed E-state index contributed by atoms with van der Waals surface area (Å²) < 4.78 is 1.08. The van der Waals surface area contributed by atoms with Gasteiger partial charge in [-0.1, -0.05) is 0 Å². The first-order valence-corrected chi connectivity index (χ1v) is 16.0. The predicted molar refractivity (Wildman–Crippen MR) is 121 cm³/mol. The van der Waals surface area contributed by atoms with E-state index in [2.05, 4.69) is 93.7 Å². The SMILES string of the molecule is CCCC[C]1([Y]([C]2(CCCC)C=CC=C2)[C]2(CCCC)C=CC=C2)C=CC=C1. The third-order valence-corrected chi connectivity index (χ3v) is 20.2. The summed E-state index contributed by atoms with van der Waals surface area (Å²) in [5, 5.41) is 0. The van der Waals surface area contributed by atoms with Crippen LogP contribution >= 0.6 is 0 Å². The van der Waals surface area contributed by atoms with Crippen LogP contribution in [0.2, 0.25) is 6.68 Å². The number of hydrogen-bond acceptors (Lipinski definition) is 0. The van der Waals surface area contributed by atoms with Gasteiger partial charge in [0.25, 0.3) is 0 Å². The Morgan fingerprint density at radius 3 is 0.929 bits per heavy atom. The first-order valence-electron chi connectivity index (χ1n) is 11.8. The molecule has 0 aromatic carbocycles. The van der Waals surface area contributed by atoms with Crippen molar-refractivity contribution >= 4 is 0 Å². The van der Waals surface area contributed by atoms with E-state index in [-0.39, 0.29) is 0 Å². The van der Waals surface area contributed by atoms with E-state index >= 15 is 0 Å². The molecule has 0 atom stereocenters. The van der Waals surface area contributed by atoms with Gasteiger partial charge < -0.3 is 0 Å². The first kappa shape index (κ1) is 22.2. The molecule has 0 unspecified atom stereocenters. The van der Waals surface area contributed by atoms with Crippen molar-refractivity contribution in [1.82, 2.24) is 0 Å². The minimum absolute atomic E-state index is 0.358. The molecule has 150 valence electrons. The quantitative estimate of drug-likeness (QED) is 0.277. The number of unbranched alkanes of at least 4 members (excludes halogenated alkanes) is 3. The maximum atomic E-state index is 2.64. The molecule has 0 radical (unpaired) electrons. The Labute approximate surface area is 184 Å². The normalized spacial score (nSPS) is 22.0. The van der Waals surface area contributed by atoms with Gasteiger partial charge in [-0.2, -0.15) is 0 Å². The second kappa shape index (κ2) is 10.0. The van der Waals surface area contributed by atoms with Crippen LogP contribution in [0.1, 0.15) is 78.6 Å². The molecular formula is C27H39Y. The third-order valence-electron chi connectivity index (χ3n) is 7.27. The van der Waals surface area contributed by atoms with Gasteiger partial charge in [0.15, 0.2) is 0 Å². The van der Waals surface area contributed by atoms with Gasteiger partial charge >= 0.3 is 186 Å². The Hall–Kier alpha value is -0.456. The van der Waals surface area contributed by atoms with Crippen LogP contribution in [-0.4, -0.2) is 0 Å². The molecule has 0 spiro atoms. The molecule has 0 amide bonds. The van der Waals surface area contributed by atoms with E-state index in [0.717, 1.165) is 0 Å². The van der Waals surface area contributed by atoms with Crippen LogP contribution in [0, 0.1) is 0 Å². The summed E-state index contributed by atoms with van der Waals surface area (Å²) >= 11 is -2.41. The number of hydrogen-bond donors (Lipinski definition) is 0. The van der Waals surface area contributed by atoms with Gasteiger partial charge in [0.2, 0.25) is 0 Å². The Morgan fingerprint density at radius 2 is 0.714 bits per heavy atom. The van der Waals surface area contributed by atoms with E-state index < -0.39 is 27.4 Å². The predicted octanol–water partition coefficient (Wildman–Crippen LogP) is 9.03. The zero-order chi connectivity index (χ0) is 19.9. The molecule has 0 aromatic rings. The van der Waals surface area contributed by atoms with Gasteiger partial charge in [0.05, 0.1) is 0 Å². The summed E-state index contributed by atoms with van der Waals surface area (Å²) in [7, 11) is 0. The first-order chi connectivity index (χ1) is 13.7. The summed E-state index contributed by atoms with van der Waals surface area (Å²) in [5.41, 5.74) is 0. The van der Waals surface area contributed by atoms with E-state index in [0.29, 0.717) is 6.68 Å². The van der Waals surface area contributed by atoms with Crippen molar-refractivity contribution in [3.8, 4) is 0 Å². The molecule has 0 saturated carbocycles. The van der Waals surface area contributed by atoms with Gasteiger partial charge in [-0.05, 0) is 0 Å². The maximum absolute atomic E-state index is 2.64. The molecule has 0 N–H and O–H groups in total. The van der Waals surface area contributed by atoms with Gasteiger partial charge in [-0.15, -0.1) is 0 Å². The fourth-order valence-electron chi connectivity index (χ4n) is 6.04. The molecule has 3 rings (SSSR count). The average molecular weight is 453 g/mol. The van der Waals surface area contributed by atoms with E-state index in [1.165, 1.54) is 57.8 Å². The standard InChI is InChI=1S/3C9H13.Y/c3*1-2-3-6-9-7-4-5-8-9;/h3*4-5,7-8H,2-3,6H2,1H3;. The van der Waals surface area contributed by atoms with Crippen molar-refractivity contribution in [2.45, 2.75) is 85.2 Å². The van der Waals surface area contributed by atoms with E-state index in [4.69, 9.17) is 0 Å². The second-order valence-electron chi connectivity index (χ2n) is 9.24. The number of rotatable bonds is 12. The van der Waals surface area contributed by atoms with Crippen molar-refractivity contribution in [2.75, 3.05) is 0 Å². The van der Waals surface area contributed by atoms with Gasteiger partial charge in [0.1, 0.15) is 0 Å². The minimum atomic E-state index is -2.41. The molecule has 0 fully saturated rings. The summed E-state index contributed by atoms with van der Waals surface area (Å²) in [6, 6.07) is 0. The van der Waals surface area contributed by atoms with Gasteiger partial charge in [-0.3, -0.25) is 0 Å². The zero-order valence-corrected chi connectivity index (χ0v) is 21.2. The molecular weight excluding hydrogens is 413 g/mol. The summed E-state index contributed by atoms with van der Waals surface area (Å²) in [6.07, 6.45) is 42.0. The molecule has 3 aliphatic rings. The average Bonchev–Trinajstić information content (AvgIpc) is 3.47. The van der Waals surface area contributed by atoms with Crippen molar-refractivity contribution in [3.63, 3.8) is 0 Å². The summed E-state index contributed by atoms with van der Waals surface area (Å²) in [4.78, 5) is 0. The van der Waals surface area contributed by atoms with Crippen LogP contribution in [0.25, 0.3) is 0 Å². The van der Waals surface area contributed by atoms with Crippen molar-refractivity contribution < 1.29 is 27.4 Å². The van der Waals surface area contributed by atoms with E-state index in [9.17, 15) is 0 Å². The molecule has 0 heterocycles. The van der Waals surface area contributed by atoms with Crippen LogP contribution < -0.4 is 0 Å². The second-order valence-corrected chi connectivity index (χ2v) is 19.3. The molecule has 0 aromatic heterocycles. The van der Waals surface area contributed by atoms with Crippen molar-refractivity contribution in [1.29, 1.82) is 0 Å². The van der Waals surface area contributed by atoms with Crippen LogP contribution in [-0.2, 0) is 27.4 Å². The molecule has 1 heteroatoms. The van der Waals surface area contributed by atoms with Gasteiger partial charge in [0, 0.05) is 0 Å². The van der Waals surface area contributed by atoms with E-state index in [1.807, 2.05) is 0 Å². The third kappa shape index (κ3) is 4.34. The number of allylic oxidation sites excluding steroid dienone is 12. The Bertz CT molecular complexity index is 554. The molecule has 3 aliphatic carbocycles. The van der Waals surface area contributed by atoms with Crippen molar-refractivity contribution in [3.05, 3.63) is 72.9 Å². The van der Waals surface area contributed by atoms with Gasteiger partial charge in [-0.25, -0.2) is 0 Å². The molecule has 0 saturated heterocycles. The summed E-state index contributed by atoms with van der Waals surface area (Å²) in [5.74, 6) is 0. The Kier molecular flexibility index (Phi) is 7.97. The zero-order valence-electron chi connectivity index (χ0n) is 18.4. The molecule has 0 aliphatic heterocycles. The van der Waals surface area contributed by atoms with Crippen LogP contribution in [0.5, 0.6) is 0 Å².